The van der Waals surface area contributed by atoms with Gasteiger partial charge in [-0.25, -0.2) is 0 Å². The summed E-state index contributed by atoms with van der Waals surface area (Å²) in [6.45, 7) is 1.99. The Morgan fingerprint density at radius 1 is 1.14 bits per heavy atom. The van der Waals surface area contributed by atoms with E-state index in [1.807, 2.05) is 25.1 Å². The second kappa shape index (κ2) is 8.49. The predicted molar refractivity (Wildman–Crippen MR) is 84.8 cm³/mol. The second-order valence-electron chi connectivity index (χ2n) is 4.95. The van der Waals surface area contributed by atoms with E-state index in [1.165, 1.54) is 0 Å². The average Bonchev–Trinajstić information content (AvgIpc) is 2.46. The van der Waals surface area contributed by atoms with Crippen molar-refractivity contribution in [3.05, 3.63) is 23.8 Å². The van der Waals surface area contributed by atoms with Crippen LogP contribution in [0.25, 0.3) is 0 Å². The molecule has 0 aliphatic heterocycles. The van der Waals surface area contributed by atoms with E-state index in [9.17, 15) is 4.79 Å². The fraction of sp³-hybridized carbons (Fsp3) is 0.533. The number of nitrogens with two attached hydrogens (primary N) is 1. The molecule has 0 aliphatic carbocycles. The predicted octanol–water partition coefficient (Wildman–Crippen LogP) is 1.07. The van der Waals surface area contributed by atoms with Gasteiger partial charge in [-0.1, -0.05) is 0 Å². The van der Waals surface area contributed by atoms with Crippen molar-refractivity contribution in [1.82, 2.24) is 4.90 Å². The zero-order valence-electron chi connectivity index (χ0n) is 13.3. The van der Waals surface area contributed by atoms with Crippen LogP contribution in [0, 0.1) is 0 Å². The van der Waals surface area contributed by atoms with Crippen molar-refractivity contribution < 1.29 is 14.3 Å². The van der Waals surface area contributed by atoms with Crippen molar-refractivity contribution >= 4 is 17.3 Å². The molecule has 6 nitrogen and oxygen atoms in total. The largest absolute Gasteiger partial charge is 0.399 e. The van der Waals surface area contributed by atoms with Gasteiger partial charge in [-0.15, -0.1) is 0 Å². The number of rotatable bonds is 8. The van der Waals surface area contributed by atoms with Gasteiger partial charge in [0.1, 0.15) is 0 Å². The molecule has 118 valence electrons. The molecule has 0 saturated carbocycles. The van der Waals surface area contributed by atoms with E-state index in [0.29, 0.717) is 37.6 Å². The number of anilines is 2. The Morgan fingerprint density at radius 2 is 1.71 bits per heavy atom. The monoisotopic (exact) mass is 295 g/mol. The van der Waals surface area contributed by atoms with Crippen LogP contribution in [-0.2, 0) is 9.47 Å². The minimum Gasteiger partial charge on any atom is -0.399 e. The first-order chi connectivity index (χ1) is 10.0. The summed E-state index contributed by atoms with van der Waals surface area (Å²) in [6, 6.07) is 5.36. The lowest BCUT2D eigenvalue weighted by atomic mass is 10.1. The van der Waals surface area contributed by atoms with Crippen molar-refractivity contribution in [2.45, 2.75) is 0 Å². The molecule has 0 spiro atoms. The zero-order valence-corrected chi connectivity index (χ0v) is 13.3. The third-order valence-corrected chi connectivity index (χ3v) is 3.15. The van der Waals surface area contributed by atoms with Gasteiger partial charge < -0.3 is 25.0 Å². The molecule has 0 aromatic heterocycles. The molecular weight excluding hydrogens is 270 g/mol. The fourth-order valence-electron chi connectivity index (χ4n) is 2.00. The fourth-order valence-corrected chi connectivity index (χ4v) is 2.00. The van der Waals surface area contributed by atoms with Crippen molar-refractivity contribution in [1.29, 1.82) is 0 Å². The second-order valence-corrected chi connectivity index (χ2v) is 4.95. The summed E-state index contributed by atoms with van der Waals surface area (Å²) in [5.74, 6) is -0.0694. The van der Waals surface area contributed by atoms with E-state index in [-0.39, 0.29) is 5.91 Å². The number of hydrogen-bond donors (Lipinski definition) is 1. The van der Waals surface area contributed by atoms with Crippen LogP contribution in [0.15, 0.2) is 18.2 Å². The summed E-state index contributed by atoms with van der Waals surface area (Å²) in [7, 11) is 7.03. The highest BCUT2D eigenvalue weighted by molar-refractivity contribution is 6.00. The minimum atomic E-state index is -0.0694. The molecule has 1 amide bonds. The molecule has 0 saturated heterocycles. The zero-order chi connectivity index (χ0) is 15.8. The normalized spacial score (nSPS) is 10.5. The quantitative estimate of drug-likeness (QED) is 0.727. The van der Waals surface area contributed by atoms with E-state index >= 15 is 0 Å². The van der Waals surface area contributed by atoms with Crippen molar-refractivity contribution in [3.8, 4) is 0 Å². The summed E-state index contributed by atoms with van der Waals surface area (Å²) in [4.78, 5) is 16.4. The van der Waals surface area contributed by atoms with Gasteiger partial charge in [0.15, 0.2) is 0 Å². The van der Waals surface area contributed by atoms with Crippen LogP contribution >= 0.6 is 0 Å². The number of carbonyl (C=O) groups is 1. The maximum Gasteiger partial charge on any atom is 0.256 e. The van der Waals surface area contributed by atoms with Crippen LogP contribution in [0.3, 0.4) is 0 Å². The van der Waals surface area contributed by atoms with Gasteiger partial charge in [0.25, 0.3) is 5.91 Å². The summed E-state index contributed by atoms with van der Waals surface area (Å²) >= 11 is 0. The smallest absolute Gasteiger partial charge is 0.256 e. The standard InChI is InChI=1S/C15H25N3O3/c1-17(2)14-6-5-12(16)11-13(14)15(19)18(7-9-20-3)8-10-21-4/h5-6,11H,7-10,16H2,1-4H3. The first-order valence-electron chi connectivity index (χ1n) is 6.85. The molecule has 1 aromatic rings. The molecule has 21 heavy (non-hydrogen) atoms. The number of nitrogens with zero attached hydrogens (tertiary/aromatic N) is 2. The van der Waals surface area contributed by atoms with Gasteiger partial charge in [-0.2, -0.15) is 0 Å². The Balaban J connectivity index is 3.03. The Bertz CT molecular complexity index is 455. The van der Waals surface area contributed by atoms with Crippen molar-refractivity contribution in [3.63, 3.8) is 0 Å². The molecule has 6 heteroatoms. The van der Waals surface area contributed by atoms with E-state index in [2.05, 4.69) is 0 Å². The molecule has 0 atom stereocenters. The van der Waals surface area contributed by atoms with Gasteiger partial charge in [0.2, 0.25) is 0 Å². The van der Waals surface area contributed by atoms with Crippen LogP contribution in [0.5, 0.6) is 0 Å². The van der Waals surface area contributed by atoms with E-state index in [4.69, 9.17) is 15.2 Å². The molecule has 0 bridgehead atoms. The van der Waals surface area contributed by atoms with Crippen LogP contribution in [0.4, 0.5) is 11.4 Å². The van der Waals surface area contributed by atoms with E-state index < -0.39 is 0 Å². The maximum absolute atomic E-state index is 12.8. The van der Waals surface area contributed by atoms with Crippen molar-refractivity contribution in [2.75, 3.05) is 65.3 Å². The lowest BCUT2D eigenvalue weighted by molar-refractivity contribution is 0.0628. The van der Waals surface area contributed by atoms with E-state index in [0.717, 1.165) is 5.69 Å². The number of carbonyl (C=O) groups excluding carboxylic acids is 1. The summed E-state index contributed by atoms with van der Waals surface area (Å²) in [6.07, 6.45) is 0. The minimum absolute atomic E-state index is 0.0694. The van der Waals surface area contributed by atoms with Gasteiger partial charge in [-0.05, 0) is 18.2 Å². The Kier molecular flexibility index (Phi) is 6.98. The summed E-state index contributed by atoms with van der Waals surface area (Å²) < 4.78 is 10.1. The van der Waals surface area contributed by atoms with Crippen LogP contribution in [-0.4, -0.2) is 65.4 Å². The SMILES string of the molecule is COCCN(CCOC)C(=O)c1cc(N)ccc1N(C)C. The number of ether oxygens (including phenoxy) is 2. The van der Waals surface area contributed by atoms with Gasteiger partial charge in [-0.3, -0.25) is 4.79 Å². The molecule has 0 heterocycles. The highest BCUT2D eigenvalue weighted by Crippen LogP contribution is 2.23. The molecule has 1 aromatic carbocycles. The molecule has 0 radical (unpaired) electrons. The molecule has 0 unspecified atom stereocenters. The number of methoxy groups -OCH3 is 2. The van der Waals surface area contributed by atoms with Gasteiger partial charge in [0.05, 0.1) is 18.8 Å². The number of benzene rings is 1. The van der Waals surface area contributed by atoms with Crippen LogP contribution in [0.2, 0.25) is 0 Å². The molecular formula is C15H25N3O3. The first-order valence-corrected chi connectivity index (χ1v) is 6.85. The summed E-state index contributed by atoms with van der Waals surface area (Å²) in [5.41, 5.74) is 7.83. The topological polar surface area (TPSA) is 68.0 Å². The Labute approximate surface area is 126 Å². The van der Waals surface area contributed by atoms with Gasteiger partial charge in [0, 0.05) is 52.8 Å². The average molecular weight is 295 g/mol. The number of amides is 1. The number of hydrogen-bond acceptors (Lipinski definition) is 5. The Morgan fingerprint density at radius 3 is 2.19 bits per heavy atom. The highest BCUT2D eigenvalue weighted by atomic mass is 16.5. The van der Waals surface area contributed by atoms with Crippen LogP contribution in [0.1, 0.15) is 10.4 Å². The van der Waals surface area contributed by atoms with Gasteiger partial charge >= 0.3 is 0 Å². The molecule has 2 N–H and O–H groups in total. The molecule has 0 aliphatic rings. The Hall–Kier alpha value is -1.79. The van der Waals surface area contributed by atoms with Crippen LogP contribution < -0.4 is 10.6 Å². The lowest BCUT2D eigenvalue weighted by Crippen LogP contribution is -2.37. The summed E-state index contributed by atoms with van der Waals surface area (Å²) in [5, 5.41) is 0. The third kappa shape index (κ3) is 4.91. The molecule has 1 rings (SSSR count). The van der Waals surface area contributed by atoms with Crippen molar-refractivity contribution in [2.24, 2.45) is 0 Å². The third-order valence-electron chi connectivity index (χ3n) is 3.15. The first kappa shape index (κ1) is 17.3. The van der Waals surface area contributed by atoms with E-state index in [1.54, 1.807) is 31.3 Å². The molecule has 0 fully saturated rings. The maximum atomic E-state index is 12.8. The highest BCUT2D eigenvalue weighted by Gasteiger charge is 2.19. The lowest BCUT2D eigenvalue weighted by Gasteiger charge is -2.25. The number of nitrogen functional groups attached to an aromatic ring is 1.